The summed E-state index contributed by atoms with van der Waals surface area (Å²) < 4.78 is 28.5. The van der Waals surface area contributed by atoms with Gasteiger partial charge in [0.05, 0.1) is 40.2 Å². The van der Waals surface area contributed by atoms with Gasteiger partial charge in [0, 0.05) is 28.1 Å². The van der Waals surface area contributed by atoms with Crippen molar-refractivity contribution in [3.63, 3.8) is 0 Å². The van der Waals surface area contributed by atoms with Crippen molar-refractivity contribution in [1.82, 2.24) is 5.01 Å². The third-order valence-corrected chi connectivity index (χ3v) is 6.36. The second-order valence-electron chi connectivity index (χ2n) is 7.99. The number of hydrazone groups is 1. The Bertz CT molecular complexity index is 1240. The fraction of sp³-hybridized carbons (Fsp3) is 0.269. The third-order valence-electron chi connectivity index (χ3n) is 6.13. The van der Waals surface area contributed by atoms with Crippen LogP contribution in [0.15, 0.2) is 59.7 Å². The predicted molar refractivity (Wildman–Crippen MR) is 130 cm³/mol. The summed E-state index contributed by atoms with van der Waals surface area (Å²) in [5, 5.41) is 7.65. The lowest BCUT2D eigenvalue weighted by Gasteiger charge is -2.38. The van der Waals surface area contributed by atoms with Gasteiger partial charge in [0.2, 0.25) is 12.0 Å². The Morgan fingerprint density at radius 2 is 1.68 bits per heavy atom. The van der Waals surface area contributed by atoms with Gasteiger partial charge < -0.3 is 23.7 Å². The standard InChI is InChI=1S/C26H25ClN2O5/c1-30-18-7-5-6-15(10-18)20-14-21-19-13-17(27)8-9-22(19)34-26(29(21)28-20)16-11-23(31-2)25(33-4)24(12-16)32-3/h5-13,21,26H,14H2,1-4H3/t21-,26-/m1/s1. The maximum absolute atomic E-state index is 6.47. The largest absolute Gasteiger partial charge is 0.497 e. The zero-order valence-electron chi connectivity index (χ0n) is 19.4. The monoisotopic (exact) mass is 480 g/mol. The summed E-state index contributed by atoms with van der Waals surface area (Å²) in [6.07, 6.45) is 0.195. The first kappa shape index (κ1) is 22.2. The normalized spacial score (nSPS) is 18.4. The lowest BCUT2D eigenvalue weighted by Crippen LogP contribution is -2.33. The van der Waals surface area contributed by atoms with E-state index in [2.05, 4.69) is 0 Å². The van der Waals surface area contributed by atoms with E-state index in [-0.39, 0.29) is 6.04 Å². The van der Waals surface area contributed by atoms with Crippen molar-refractivity contribution in [3.8, 4) is 28.7 Å². The highest BCUT2D eigenvalue weighted by atomic mass is 35.5. The van der Waals surface area contributed by atoms with Gasteiger partial charge >= 0.3 is 0 Å². The molecule has 0 saturated carbocycles. The molecule has 176 valence electrons. The predicted octanol–water partition coefficient (Wildman–Crippen LogP) is 5.62. The zero-order chi connectivity index (χ0) is 23.8. The van der Waals surface area contributed by atoms with Crippen molar-refractivity contribution in [2.45, 2.75) is 18.7 Å². The fourth-order valence-electron chi connectivity index (χ4n) is 4.50. The van der Waals surface area contributed by atoms with E-state index in [9.17, 15) is 0 Å². The van der Waals surface area contributed by atoms with Gasteiger partial charge in [-0.1, -0.05) is 23.7 Å². The van der Waals surface area contributed by atoms with E-state index in [0.29, 0.717) is 28.7 Å². The number of nitrogens with zero attached hydrogens (tertiary/aromatic N) is 2. The summed E-state index contributed by atoms with van der Waals surface area (Å²) >= 11 is 6.35. The molecule has 5 rings (SSSR count). The van der Waals surface area contributed by atoms with Gasteiger partial charge in [-0.05, 0) is 42.5 Å². The Morgan fingerprint density at radius 3 is 2.35 bits per heavy atom. The number of rotatable bonds is 6. The van der Waals surface area contributed by atoms with Crippen molar-refractivity contribution in [3.05, 3.63) is 76.3 Å². The molecule has 0 bridgehead atoms. The average Bonchev–Trinajstić information content (AvgIpc) is 3.33. The van der Waals surface area contributed by atoms with E-state index in [4.69, 9.17) is 40.4 Å². The second-order valence-corrected chi connectivity index (χ2v) is 8.43. The Labute approximate surface area is 203 Å². The molecule has 0 N–H and O–H groups in total. The summed E-state index contributed by atoms with van der Waals surface area (Å²) in [5.41, 5.74) is 3.77. The number of hydrogen-bond acceptors (Lipinski definition) is 7. The minimum Gasteiger partial charge on any atom is -0.497 e. The molecule has 3 aromatic rings. The number of benzene rings is 3. The van der Waals surface area contributed by atoms with Crippen LogP contribution in [0.3, 0.4) is 0 Å². The number of halogens is 1. The molecular weight excluding hydrogens is 456 g/mol. The summed E-state index contributed by atoms with van der Waals surface area (Å²) in [4.78, 5) is 0. The van der Waals surface area contributed by atoms with Crippen LogP contribution in [-0.4, -0.2) is 39.2 Å². The highest BCUT2D eigenvalue weighted by Gasteiger charge is 2.41. The maximum Gasteiger partial charge on any atom is 0.214 e. The lowest BCUT2D eigenvalue weighted by atomic mass is 9.95. The van der Waals surface area contributed by atoms with E-state index in [0.717, 1.165) is 33.9 Å². The molecule has 34 heavy (non-hydrogen) atoms. The molecule has 0 radical (unpaired) electrons. The Balaban J connectivity index is 1.63. The second kappa shape index (κ2) is 8.99. The first-order valence-corrected chi connectivity index (χ1v) is 11.2. The molecule has 3 aromatic carbocycles. The van der Waals surface area contributed by atoms with Gasteiger partial charge in [0.15, 0.2) is 11.5 Å². The van der Waals surface area contributed by atoms with E-state index >= 15 is 0 Å². The van der Waals surface area contributed by atoms with Gasteiger partial charge in [-0.25, -0.2) is 5.01 Å². The topological polar surface area (TPSA) is 61.8 Å². The van der Waals surface area contributed by atoms with Crippen LogP contribution in [0, 0.1) is 0 Å². The Hall–Kier alpha value is -3.58. The van der Waals surface area contributed by atoms with Crippen molar-refractivity contribution in [2.75, 3.05) is 28.4 Å². The fourth-order valence-corrected chi connectivity index (χ4v) is 4.68. The summed E-state index contributed by atoms with van der Waals surface area (Å²) in [7, 11) is 6.43. The smallest absolute Gasteiger partial charge is 0.214 e. The van der Waals surface area contributed by atoms with Crippen LogP contribution in [0.1, 0.15) is 35.4 Å². The molecule has 0 saturated heterocycles. The van der Waals surface area contributed by atoms with Crippen LogP contribution in [0.2, 0.25) is 5.02 Å². The van der Waals surface area contributed by atoms with Gasteiger partial charge in [0.25, 0.3) is 0 Å². The van der Waals surface area contributed by atoms with Crippen LogP contribution < -0.4 is 23.7 Å². The first-order chi connectivity index (χ1) is 16.6. The van der Waals surface area contributed by atoms with Crippen LogP contribution in [-0.2, 0) is 0 Å². The lowest BCUT2D eigenvalue weighted by molar-refractivity contribution is -0.0192. The average molecular weight is 481 g/mol. The van der Waals surface area contributed by atoms with Gasteiger partial charge in [-0.2, -0.15) is 5.10 Å². The Kier molecular flexibility index (Phi) is 5.87. The SMILES string of the molecule is COc1cccc(C2=NN3[C@H](C2)c2cc(Cl)ccc2O[C@@H]3c2cc(OC)c(OC)c(OC)c2)c1. The van der Waals surface area contributed by atoms with E-state index in [1.54, 1.807) is 28.4 Å². The van der Waals surface area contributed by atoms with Crippen molar-refractivity contribution >= 4 is 17.3 Å². The first-order valence-electron chi connectivity index (χ1n) is 10.8. The third kappa shape index (κ3) is 3.76. The molecule has 0 unspecified atom stereocenters. The molecule has 2 atom stereocenters. The molecule has 2 aliphatic heterocycles. The van der Waals surface area contributed by atoms with E-state index in [1.807, 2.05) is 59.6 Å². The van der Waals surface area contributed by atoms with E-state index in [1.165, 1.54) is 0 Å². The van der Waals surface area contributed by atoms with Crippen LogP contribution >= 0.6 is 11.6 Å². The molecular formula is C26H25ClN2O5. The molecule has 7 nitrogen and oxygen atoms in total. The molecule has 0 aromatic heterocycles. The van der Waals surface area contributed by atoms with Gasteiger partial charge in [0.1, 0.15) is 11.5 Å². The summed E-state index contributed by atoms with van der Waals surface area (Å²) in [5.74, 6) is 3.18. The maximum atomic E-state index is 6.47. The quantitative estimate of drug-likeness (QED) is 0.456. The number of fused-ring (bicyclic) bond motifs is 3. The molecule has 0 aliphatic carbocycles. The molecule has 2 aliphatic rings. The number of hydrogen-bond donors (Lipinski definition) is 0. The molecule has 0 spiro atoms. The van der Waals surface area contributed by atoms with Crippen molar-refractivity contribution < 1.29 is 23.7 Å². The summed E-state index contributed by atoms with van der Waals surface area (Å²) in [6.45, 7) is 0. The van der Waals surface area contributed by atoms with Gasteiger partial charge in [-0.3, -0.25) is 0 Å². The summed E-state index contributed by atoms with van der Waals surface area (Å²) in [6, 6.07) is 17.3. The molecule has 2 heterocycles. The van der Waals surface area contributed by atoms with Gasteiger partial charge in [-0.15, -0.1) is 0 Å². The number of methoxy groups -OCH3 is 4. The minimum atomic E-state index is -0.504. The molecule has 0 amide bonds. The molecule has 0 fully saturated rings. The van der Waals surface area contributed by atoms with E-state index < -0.39 is 6.23 Å². The zero-order valence-corrected chi connectivity index (χ0v) is 20.1. The van der Waals surface area contributed by atoms with Crippen molar-refractivity contribution in [2.24, 2.45) is 5.10 Å². The van der Waals surface area contributed by atoms with Crippen molar-refractivity contribution in [1.29, 1.82) is 0 Å². The highest BCUT2D eigenvalue weighted by Crippen LogP contribution is 2.50. The molecule has 8 heteroatoms. The highest BCUT2D eigenvalue weighted by molar-refractivity contribution is 6.30. The minimum absolute atomic E-state index is 0.0484. The van der Waals surface area contributed by atoms with Crippen LogP contribution in [0.4, 0.5) is 0 Å². The Morgan fingerprint density at radius 1 is 0.912 bits per heavy atom. The van der Waals surface area contributed by atoms with Crippen LogP contribution in [0.25, 0.3) is 0 Å². The van der Waals surface area contributed by atoms with Crippen LogP contribution in [0.5, 0.6) is 28.7 Å². The number of ether oxygens (including phenoxy) is 5.